The van der Waals surface area contributed by atoms with Gasteiger partial charge in [-0.25, -0.2) is 0 Å². The molecule has 21 heavy (non-hydrogen) atoms. The summed E-state index contributed by atoms with van der Waals surface area (Å²) in [5.74, 6) is 0. The maximum absolute atomic E-state index is 10.3. The number of aliphatic hydroxyl groups is 1. The lowest BCUT2D eigenvalue weighted by atomic mass is 9.77. The average molecular weight is 280 g/mol. The molecule has 4 rings (SSSR count). The van der Waals surface area contributed by atoms with Crippen LogP contribution in [0.1, 0.15) is 35.1 Å². The standard InChI is InChI=1S/C19H20O2/c20-16-11-12-21-19(13-16)17-7-3-1-5-14(17)9-10-15-6-2-4-8-18(15)19/h1-8,16,20H,9-13H2. The van der Waals surface area contributed by atoms with Gasteiger partial charge in [-0.05, 0) is 41.5 Å². The van der Waals surface area contributed by atoms with Gasteiger partial charge in [0.15, 0.2) is 0 Å². The Bertz CT molecular complexity index is 615. The molecule has 0 radical (unpaired) electrons. The summed E-state index contributed by atoms with van der Waals surface area (Å²) < 4.78 is 6.35. The summed E-state index contributed by atoms with van der Waals surface area (Å²) >= 11 is 0. The van der Waals surface area contributed by atoms with Crippen molar-refractivity contribution >= 4 is 0 Å². The lowest BCUT2D eigenvalue weighted by Gasteiger charge is -2.41. The lowest BCUT2D eigenvalue weighted by Crippen LogP contribution is -2.41. The summed E-state index contributed by atoms with van der Waals surface area (Å²) in [7, 11) is 0. The van der Waals surface area contributed by atoms with Gasteiger partial charge in [0, 0.05) is 6.42 Å². The Balaban J connectivity index is 1.98. The molecule has 1 spiro atoms. The number of aliphatic hydroxyl groups excluding tert-OH is 1. The number of benzene rings is 2. The molecule has 1 N–H and O–H groups in total. The minimum absolute atomic E-state index is 0.294. The molecular formula is C19H20O2. The molecule has 2 aromatic rings. The van der Waals surface area contributed by atoms with E-state index in [0.717, 1.165) is 19.3 Å². The topological polar surface area (TPSA) is 29.5 Å². The summed E-state index contributed by atoms with van der Waals surface area (Å²) in [5, 5.41) is 10.3. The number of rotatable bonds is 0. The van der Waals surface area contributed by atoms with Crippen LogP contribution in [-0.4, -0.2) is 17.8 Å². The van der Waals surface area contributed by atoms with E-state index in [1.54, 1.807) is 0 Å². The highest BCUT2D eigenvalue weighted by molar-refractivity contribution is 5.48. The van der Waals surface area contributed by atoms with Gasteiger partial charge < -0.3 is 9.84 Å². The summed E-state index contributed by atoms with van der Waals surface area (Å²) in [6.07, 6.45) is 3.16. The molecule has 1 fully saturated rings. The van der Waals surface area contributed by atoms with Gasteiger partial charge >= 0.3 is 0 Å². The second-order valence-electron chi connectivity index (χ2n) is 6.14. The SMILES string of the molecule is OC1CCOC2(C1)c1ccccc1CCc1ccccc12. The minimum atomic E-state index is -0.471. The molecular weight excluding hydrogens is 260 g/mol. The molecule has 1 saturated heterocycles. The van der Waals surface area contributed by atoms with Crippen molar-refractivity contribution in [2.45, 2.75) is 37.4 Å². The van der Waals surface area contributed by atoms with Crippen LogP contribution in [0.25, 0.3) is 0 Å². The van der Waals surface area contributed by atoms with Gasteiger partial charge in [0.1, 0.15) is 5.60 Å². The zero-order valence-electron chi connectivity index (χ0n) is 12.1. The summed E-state index contributed by atoms with van der Waals surface area (Å²) in [6.45, 7) is 0.615. The van der Waals surface area contributed by atoms with Crippen LogP contribution < -0.4 is 0 Å². The maximum atomic E-state index is 10.3. The van der Waals surface area contributed by atoms with E-state index in [1.807, 2.05) is 0 Å². The molecule has 1 heterocycles. The van der Waals surface area contributed by atoms with Crippen LogP contribution in [0, 0.1) is 0 Å². The van der Waals surface area contributed by atoms with Crippen LogP contribution in [0.4, 0.5) is 0 Å². The Morgan fingerprint density at radius 3 is 2.05 bits per heavy atom. The third-order valence-electron chi connectivity index (χ3n) is 4.89. The fourth-order valence-electron chi connectivity index (χ4n) is 3.92. The normalized spacial score (nSPS) is 23.2. The average Bonchev–Trinajstić information content (AvgIpc) is 2.65. The van der Waals surface area contributed by atoms with Crippen LogP contribution in [-0.2, 0) is 23.2 Å². The number of aryl methyl sites for hydroxylation is 2. The van der Waals surface area contributed by atoms with E-state index in [2.05, 4.69) is 48.5 Å². The maximum Gasteiger partial charge on any atom is 0.121 e. The van der Waals surface area contributed by atoms with E-state index < -0.39 is 5.60 Å². The van der Waals surface area contributed by atoms with Crippen molar-refractivity contribution in [3.8, 4) is 0 Å². The van der Waals surface area contributed by atoms with Gasteiger partial charge in [0.05, 0.1) is 12.7 Å². The number of hydrogen-bond acceptors (Lipinski definition) is 2. The molecule has 2 aliphatic rings. The predicted molar refractivity (Wildman–Crippen MR) is 82.3 cm³/mol. The zero-order chi connectivity index (χ0) is 14.3. The molecule has 0 bridgehead atoms. The molecule has 0 amide bonds. The van der Waals surface area contributed by atoms with Gasteiger partial charge in [0.2, 0.25) is 0 Å². The molecule has 1 atom stereocenters. The van der Waals surface area contributed by atoms with Gasteiger partial charge in [0.25, 0.3) is 0 Å². The van der Waals surface area contributed by atoms with Gasteiger partial charge in [-0.3, -0.25) is 0 Å². The smallest absolute Gasteiger partial charge is 0.121 e. The fourth-order valence-corrected chi connectivity index (χ4v) is 3.92. The van der Waals surface area contributed by atoms with Crippen LogP contribution >= 0.6 is 0 Å². The zero-order valence-corrected chi connectivity index (χ0v) is 12.1. The summed E-state index contributed by atoms with van der Waals surface area (Å²) in [4.78, 5) is 0. The quantitative estimate of drug-likeness (QED) is 0.803. The van der Waals surface area contributed by atoms with Crippen molar-refractivity contribution in [1.82, 2.24) is 0 Å². The Morgan fingerprint density at radius 1 is 0.905 bits per heavy atom. The second-order valence-corrected chi connectivity index (χ2v) is 6.14. The first-order chi connectivity index (χ1) is 10.3. The molecule has 1 unspecified atom stereocenters. The Hall–Kier alpha value is -1.64. The first-order valence-corrected chi connectivity index (χ1v) is 7.78. The molecule has 2 heteroatoms. The predicted octanol–water partition coefficient (Wildman–Crippen LogP) is 3.20. The van der Waals surface area contributed by atoms with Crippen molar-refractivity contribution in [2.24, 2.45) is 0 Å². The molecule has 0 aromatic heterocycles. The van der Waals surface area contributed by atoms with Gasteiger partial charge in [-0.15, -0.1) is 0 Å². The van der Waals surface area contributed by atoms with Crippen LogP contribution in [0.3, 0.4) is 0 Å². The highest BCUT2D eigenvalue weighted by Gasteiger charge is 2.43. The lowest BCUT2D eigenvalue weighted by molar-refractivity contribution is -0.0988. The van der Waals surface area contributed by atoms with E-state index in [0.29, 0.717) is 13.0 Å². The number of hydrogen-bond donors (Lipinski definition) is 1. The third kappa shape index (κ3) is 2.02. The van der Waals surface area contributed by atoms with Crippen molar-refractivity contribution in [2.75, 3.05) is 6.61 Å². The minimum Gasteiger partial charge on any atom is -0.393 e. The third-order valence-corrected chi connectivity index (χ3v) is 4.89. The molecule has 1 aliphatic carbocycles. The highest BCUT2D eigenvalue weighted by atomic mass is 16.5. The van der Waals surface area contributed by atoms with Gasteiger partial charge in [-0.1, -0.05) is 48.5 Å². The highest BCUT2D eigenvalue weighted by Crippen LogP contribution is 2.46. The fraction of sp³-hybridized carbons (Fsp3) is 0.368. The van der Waals surface area contributed by atoms with Crippen LogP contribution in [0.15, 0.2) is 48.5 Å². The van der Waals surface area contributed by atoms with Gasteiger partial charge in [-0.2, -0.15) is 0 Å². The summed E-state index contributed by atoms with van der Waals surface area (Å²) in [5.41, 5.74) is 4.72. The molecule has 108 valence electrons. The van der Waals surface area contributed by atoms with E-state index in [9.17, 15) is 5.11 Å². The monoisotopic (exact) mass is 280 g/mol. The van der Waals surface area contributed by atoms with E-state index in [-0.39, 0.29) is 6.10 Å². The Labute approximate surface area is 125 Å². The second kappa shape index (κ2) is 4.97. The van der Waals surface area contributed by atoms with Crippen molar-refractivity contribution in [3.63, 3.8) is 0 Å². The van der Waals surface area contributed by atoms with E-state index >= 15 is 0 Å². The van der Waals surface area contributed by atoms with Crippen molar-refractivity contribution in [3.05, 3.63) is 70.8 Å². The van der Waals surface area contributed by atoms with E-state index in [1.165, 1.54) is 22.3 Å². The van der Waals surface area contributed by atoms with Crippen LogP contribution in [0.5, 0.6) is 0 Å². The Morgan fingerprint density at radius 2 is 1.48 bits per heavy atom. The summed E-state index contributed by atoms with van der Waals surface area (Å²) in [6, 6.07) is 17.1. The number of fused-ring (bicyclic) bond motifs is 4. The molecule has 2 aromatic carbocycles. The van der Waals surface area contributed by atoms with Crippen molar-refractivity contribution in [1.29, 1.82) is 0 Å². The molecule has 1 aliphatic heterocycles. The first kappa shape index (κ1) is 13.1. The molecule has 2 nitrogen and oxygen atoms in total. The van der Waals surface area contributed by atoms with Crippen LogP contribution in [0.2, 0.25) is 0 Å². The number of ether oxygens (including phenoxy) is 1. The molecule has 0 saturated carbocycles. The van der Waals surface area contributed by atoms with Crippen molar-refractivity contribution < 1.29 is 9.84 Å². The Kier molecular flexibility index (Phi) is 3.09. The first-order valence-electron chi connectivity index (χ1n) is 7.78. The largest absolute Gasteiger partial charge is 0.393 e. The van der Waals surface area contributed by atoms with E-state index in [4.69, 9.17) is 4.74 Å².